The minimum Gasteiger partial charge on any atom is -0.396 e. The Hall–Kier alpha value is -1.76. The molecule has 1 N–H and O–H groups in total. The summed E-state index contributed by atoms with van der Waals surface area (Å²) >= 11 is 0. The Balaban J connectivity index is 1.33. The third-order valence-corrected chi connectivity index (χ3v) is 5.76. The van der Waals surface area contributed by atoms with Crippen LogP contribution in [0.2, 0.25) is 0 Å². The number of aliphatic hydroxyl groups is 1. The summed E-state index contributed by atoms with van der Waals surface area (Å²) in [5.74, 6) is 1.87. The topological polar surface area (TPSA) is 65.6 Å². The van der Waals surface area contributed by atoms with Gasteiger partial charge in [-0.15, -0.1) is 0 Å². The molecule has 0 saturated carbocycles. The summed E-state index contributed by atoms with van der Waals surface area (Å²) in [5.41, 5.74) is 0.991. The van der Waals surface area contributed by atoms with Crippen molar-refractivity contribution >= 4 is 0 Å². The van der Waals surface area contributed by atoms with Crippen LogP contribution in [0.5, 0.6) is 0 Å². The number of hydrogen-bond acceptors (Lipinski definition) is 6. The number of aromatic nitrogens is 2. The van der Waals surface area contributed by atoms with E-state index in [9.17, 15) is 5.11 Å². The van der Waals surface area contributed by atoms with Gasteiger partial charge in [0.1, 0.15) is 0 Å². The van der Waals surface area contributed by atoms with E-state index in [1.54, 1.807) is 0 Å². The van der Waals surface area contributed by atoms with Crippen LogP contribution >= 0.6 is 0 Å². The Morgan fingerprint density at radius 3 is 2.65 bits per heavy atom. The highest BCUT2D eigenvalue weighted by Crippen LogP contribution is 2.24. The molecule has 0 spiro atoms. The molecular formula is C20H28N4O2. The van der Waals surface area contributed by atoms with E-state index in [2.05, 4.69) is 19.9 Å². The summed E-state index contributed by atoms with van der Waals surface area (Å²) in [6, 6.07) is 10.6. The number of benzene rings is 1. The third-order valence-electron chi connectivity index (χ3n) is 5.76. The van der Waals surface area contributed by atoms with E-state index < -0.39 is 0 Å². The fourth-order valence-corrected chi connectivity index (χ4v) is 4.19. The van der Waals surface area contributed by atoms with Gasteiger partial charge < -0.3 is 9.63 Å². The zero-order valence-corrected chi connectivity index (χ0v) is 15.3. The molecule has 2 fully saturated rings. The van der Waals surface area contributed by atoms with Crippen molar-refractivity contribution in [1.82, 2.24) is 19.9 Å². The van der Waals surface area contributed by atoms with Crippen molar-refractivity contribution in [2.45, 2.75) is 38.3 Å². The molecule has 2 aromatic rings. The highest BCUT2D eigenvalue weighted by Gasteiger charge is 2.29. The monoisotopic (exact) mass is 356 g/mol. The van der Waals surface area contributed by atoms with E-state index in [0.717, 1.165) is 51.1 Å². The largest absolute Gasteiger partial charge is 0.396 e. The van der Waals surface area contributed by atoms with E-state index in [4.69, 9.17) is 4.52 Å². The smallest absolute Gasteiger partial charge is 0.241 e. The van der Waals surface area contributed by atoms with Crippen molar-refractivity contribution in [3.63, 3.8) is 0 Å². The van der Waals surface area contributed by atoms with Crippen molar-refractivity contribution in [2.75, 3.05) is 32.8 Å². The SMILES string of the molecule is OCC1CCN(C2CCCN(Cc3nc(-c4ccccc4)no3)C2)CC1. The van der Waals surface area contributed by atoms with Gasteiger partial charge in [0, 0.05) is 24.8 Å². The van der Waals surface area contributed by atoms with Crippen LogP contribution in [0, 0.1) is 5.92 Å². The summed E-state index contributed by atoms with van der Waals surface area (Å²) in [5, 5.41) is 13.5. The van der Waals surface area contributed by atoms with Gasteiger partial charge in [-0.05, 0) is 51.2 Å². The first kappa shape index (κ1) is 17.6. The van der Waals surface area contributed by atoms with Gasteiger partial charge in [0.25, 0.3) is 0 Å². The highest BCUT2D eigenvalue weighted by atomic mass is 16.5. The molecule has 0 aliphatic carbocycles. The third kappa shape index (κ3) is 4.14. The Morgan fingerprint density at radius 2 is 1.88 bits per heavy atom. The predicted molar refractivity (Wildman–Crippen MR) is 99.4 cm³/mol. The normalized spacial score (nSPS) is 23.3. The molecule has 1 aromatic carbocycles. The Labute approximate surface area is 154 Å². The zero-order valence-electron chi connectivity index (χ0n) is 15.3. The van der Waals surface area contributed by atoms with Gasteiger partial charge in [0.15, 0.2) is 0 Å². The minimum atomic E-state index is 0.339. The van der Waals surface area contributed by atoms with Crippen LogP contribution in [0.25, 0.3) is 11.4 Å². The van der Waals surface area contributed by atoms with Gasteiger partial charge >= 0.3 is 0 Å². The molecule has 6 heteroatoms. The van der Waals surface area contributed by atoms with Gasteiger partial charge in [0.2, 0.25) is 11.7 Å². The molecule has 0 bridgehead atoms. The number of nitrogens with zero attached hydrogens (tertiary/aromatic N) is 4. The Kier molecular flexibility index (Phi) is 5.62. The van der Waals surface area contributed by atoms with Crippen LogP contribution < -0.4 is 0 Å². The van der Waals surface area contributed by atoms with Crippen molar-refractivity contribution in [1.29, 1.82) is 0 Å². The molecule has 6 nitrogen and oxygen atoms in total. The van der Waals surface area contributed by atoms with Crippen molar-refractivity contribution in [3.8, 4) is 11.4 Å². The van der Waals surface area contributed by atoms with Crippen LogP contribution in [-0.4, -0.2) is 63.9 Å². The van der Waals surface area contributed by atoms with Crippen LogP contribution in [0.4, 0.5) is 0 Å². The molecule has 1 aromatic heterocycles. The van der Waals surface area contributed by atoms with Crippen LogP contribution in [0.3, 0.4) is 0 Å². The minimum absolute atomic E-state index is 0.339. The second-order valence-corrected chi connectivity index (χ2v) is 7.57. The van der Waals surface area contributed by atoms with E-state index in [1.807, 2.05) is 30.3 Å². The number of likely N-dealkylation sites (tertiary alicyclic amines) is 2. The van der Waals surface area contributed by atoms with E-state index in [0.29, 0.717) is 30.3 Å². The highest BCUT2D eigenvalue weighted by molar-refractivity contribution is 5.53. The lowest BCUT2D eigenvalue weighted by Gasteiger charge is -2.42. The molecule has 3 heterocycles. The van der Waals surface area contributed by atoms with E-state index >= 15 is 0 Å². The van der Waals surface area contributed by atoms with Crippen LogP contribution in [0.15, 0.2) is 34.9 Å². The van der Waals surface area contributed by atoms with Gasteiger partial charge in [-0.1, -0.05) is 35.5 Å². The van der Waals surface area contributed by atoms with Gasteiger partial charge in [0.05, 0.1) is 6.54 Å². The fraction of sp³-hybridized carbons (Fsp3) is 0.600. The average Bonchev–Trinajstić information content (AvgIpc) is 3.17. The molecule has 0 radical (unpaired) electrons. The van der Waals surface area contributed by atoms with Crippen molar-refractivity contribution in [3.05, 3.63) is 36.2 Å². The molecular weight excluding hydrogens is 328 g/mol. The molecule has 1 unspecified atom stereocenters. The summed E-state index contributed by atoms with van der Waals surface area (Å²) in [6.07, 6.45) is 4.72. The lowest BCUT2D eigenvalue weighted by atomic mass is 9.94. The first-order valence-corrected chi connectivity index (χ1v) is 9.77. The number of rotatable bonds is 5. The lowest BCUT2D eigenvalue weighted by Crippen LogP contribution is -2.50. The van der Waals surface area contributed by atoms with Gasteiger partial charge in [-0.2, -0.15) is 4.98 Å². The number of aliphatic hydroxyl groups excluding tert-OH is 1. The first-order valence-electron chi connectivity index (χ1n) is 9.77. The second-order valence-electron chi connectivity index (χ2n) is 7.57. The lowest BCUT2D eigenvalue weighted by molar-refractivity contribution is 0.0511. The average molecular weight is 356 g/mol. The Morgan fingerprint density at radius 1 is 1.08 bits per heavy atom. The maximum absolute atomic E-state index is 9.33. The fourth-order valence-electron chi connectivity index (χ4n) is 4.19. The molecule has 2 saturated heterocycles. The molecule has 140 valence electrons. The summed E-state index contributed by atoms with van der Waals surface area (Å²) in [4.78, 5) is 9.62. The Bertz CT molecular complexity index is 682. The molecule has 2 aliphatic rings. The number of piperidine rings is 2. The molecule has 1 atom stereocenters. The number of hydrogen-bond donors (Lipinski definition) is 1. The molecule has 26 heavy (non-hydrogen) atoms. The predicted octanol–water partition coefficient (Wildman–Crippen LogP) is 2.41. The second kappa shape index (κ2) is 8.29. The zero-order chi connectivity index (χ0) is 17.8. The summed E-state index contributed by atoms with van der Waals surface area (Å²) in [6.45, 7) is 5.44. The molecule has 4 rings (SSSR count). The summed E-state index contributed by atoms with van der Waals surface area (Å²) < 4.78 is 5.49. The van der Waals surface area contributed by atoms with E-state index in [-0.39, 0.29) is 0 Å². The molecule has 2 aliphatic heterocycles. The standard InChI is InChI=1S/C20H28N4O2/c25-15-16-8-11-24(12-9-16)18-7-4-10-23(13-18)14-19-21-20(22-26-19)17-5-2-1-3-6-17/h1-3,5-6,16,18,25H,4,7-15H2. The van der Waals surface area contributed by atoms with Gasteiger partial charge in [-0.25, -0.2) is 0 Å². The maximum Gasteiger partial charge on any atom is 0.241 e. The van der Waals surface area contributed by atoms with Crippen LogP contribution in [-0.2, 0) is 6.54 Å². The van der Waals surface area contributed by atoms with Crippen molar-refractivity contribution in [2.24, 2.45) is 5.92 Å². The quantitative estimate of drug-likeness (QED) is 0.887. The molecule has 0 amide bonds. The first-order chi connectivity index (χ1) is 12.8. The van der Waals surface area contributed by atoms with Crippen LogP contribution in [0.1, 0.15) is 31.6 Å². The maximum atomic E-state index is 9.33. The van der Waals surface area contributed by atoms with Gasteiger partial charge in [-0.3, -0.25) is 9.80 Å². The van der Waals surface area contributed by atoms with Crippen molar-refractivity contribution < 1.29 is 9.63 Å². The summed E-state index contributed by atoms with van der Waals surface area (Å²) in [7, 11) is 0. The van der Waals surface area contributed by atoms with E-state index in [1.165, 1.54) is 12.8 Å².